The molecule has 9 nitrogen and oxygen atoms in total. The minimum absolute atomic E-state index is 0.0881. The molecule has 1 unspecified atom stereocenters. The minimum atomic E-state index is -0.602. The Kier molecular flexibility index (Phi) is 9.02. The third kappa shape index (κ3) is 7.41. The van der Waals surface area contributed by atoms with E-state index in [-0.39, 0.29) is 41.5 Å². The largest absolute Gasteiger partial charge is 0.493 e. The number of ether oxygens (including phenoxy) is 3. The highest BCUT2D eigenvalue weighted by atomic mass is 32.1. The molecule has 1 atom stereocenters. The van der Waals surface area contributed by atoms with Crippen LogP contribution in [-0.2, 0) is 13.0 Å². The van der Waals surface area contributed by atoms with Crippen LogP contribution in [0.1, 0.15) is 48.8 Å². The fourth-order valence-electron chi connectivity index (χ4n) is 3.38. The van der Waals surface area contributed by atoms with E-state index in [1.807, 2.05) is 50.4 Å². The Morgan fingerprint density at radius 2 is 1.91 bits per heavy atom. The standard InChI is InChI=1S/C25H29N3O6S/c1-16(2)34-20-9-7-18(8-10-20)6-5-17(3)27-25(29)21-11-23(32-4)24(12-22(21)28(30)31)33-13-19-14-35-15-26-19/h7-12,14-17H,5-6,13H2,1-4H3,(H,27,29). The van der Waals surface area contributed by atoms with E-state index in [9.17, 15) is 14.9 Å². The highest BCUT2D eigenvalue weighted by Crippen LogP contribution is 2.35. The monoisotopic (exact) mass is 499 g/mol. The van der Waals surface area contributed by atoms with Crippen molar-refractivity contribution >= 4 is 22.9 Å². The van der Waals surface area contributed by atoms with Crippen LogP contribution in [0.25, 0.3) is 0 Å². The van der Waals surface area contributed by atoms with Crippen LogP contribution < -0.4 is 19.5 Å². The summed E-state index contributed by atoms with van der Waals surface area (Å²) >= 11 is 1.42. The molecule has 3 aromatic rings. The number of carbonyl (C=O) groups excluding carboxylic acids is 1. The molecule has 10 heteroatoms. The van der Waals surface area contributed by atoms with E-state index in [4.69, 9.17) is 14.2 Å². The van der Waals surface area contributed by atoms with Crippen LogP contribution in [-0.4, -0.2) is 35.1 Å². The summed E-state index contributed by atoms with van der Waals surface area (Å²) in [7, 11) is 1.42. The number of methoxy groups -OCH3 is 1. The van der Waals surface area contributed by atoms with Crippen molar-refractivity contribution in [2.45, 2.75) is 52.4 Å². The van der Waals surface area contributed by atoms with Crippen LogP contribution >= 0.6 is 11.3 Å². The molecule has 0 saturated carbocycles. The molecule has 0 aliphatic carbocycles. The van der Waals surface area contributed by atoms with E-state index in [2.05, 4.69) is 10.3 Å². The Hall–Kier alpha value is -3.66. The summed E-state index contributed by atoms with van der Waals surface area (Å²) in [6.45, 7) is 5.94. The van der Waals surface area contributed by atoms with Gasteiger partial charge in [0.25, 0.3) is 11.6 Å². The predicted molar refractivity (Wildman–Crippen MR) is 134 cm³/mol. The lowest BCUT2D eigenvalue weighted by molar-refractivity contribution is -0.385. The molecule has 2 aromatic carbocycles. The first-order valence-corrected chi connectivity index (χ1v) is 12.1. The van der Waals surface area contributed by atoms with E-state index < -0.39 is 10.8 Å². The molecule has 1 N–H and O–H groups in total. The number of thiazole rings is 1. The fourth-order valence-corrected chi connectivity index (χ4v) is 3.92. The average molecular weight is 500 g/mol. The number of aromatic nitrogens is 1. The predicted octanol–water partition coefficient (Wildman–Crippen LogP) is 5.18. The van der Waals surface area contributed by atoms with Gasteiger partial charge < -0.3 is 19.5 Å². The number of benzene rings is 2. The van der Waals surface area contributed by atoms with Gasteiger partial charge in [-0.15, -0.1) is 11.3 Å². The zero-order valence-corrected chi connectivity index (χ0v) is 21.0. The highest BCUT2D eigenvalue weighted by molar-refractivity contribution is 7.07. The van der Waals surface area contributed by atoms with E-state index in [1.54, 1.807) is 5.51 Å². The number of nitro benzene ring substituents is 1. The first-order chi connectivity index (χ1) is 16.8. The maximum Gasteiger partial charge on any atom is 0.286 e. The van der Waals surface area contributed by atoms with Crippen molar-refractivity contribution in [1.29, 1.82) is 0 Å². The Labute approximate surface area is 208 Å². The first-order valence-electron chi connectivity index (χ1n) is 11.2. The SMILES string of the molecule is COc1cc(C(=O)NC(C)CCc2ccc(OC(C)C)cc2)c([N+](=O)[O-])cc1OCc1cscn1. The van der Waals surface area contributed by atoms with Gasteiger partial charge in [0, 0.05) is 17.5 Å². The van der Waals surface area contributed by atoms with Gasteiger partial charge in [-0.3, -0.25) is 14.9 Å². The maximum absolute atomic E-state index is 12.9. The van der Waals surface area contributed by atoms with Gasteiger partial charge in [0.05, 0.1) is 35.4 Å². The summed E-state index contributed by atoms with van der Waals surface area (Å²) < 4.78 is 16.7. The van der Waals surface area contributed by atoms with Gasteiger partial charge in [-0.05, 0) is 51.3 Å². The topological polar surface area (TPSA) is 113 Å². The first kappa shape index (κ1) is 26.0. The molecule has 1 amide bonds. The lowest BCUT2D eigenvalue weighted by Crippen LogP contribution is -2.33. The summed E-state index contributed by atoms with van der Waals surface area (Å²) in [5.41, 5.74) is 3.02. The molecule has 0 aliphatic heterocycles. The highest BCUT2D eigenvalue weighted by Gasteiger charge is 2.25. The van der Waals surface area contributed by atoms with E-state index >= 15 is 0 Å². The van der Waals surface area contributed by atoms with Gasteiger partial charge in [0.2, 0.25) is 0 Å². The minimum Gasteiger partial charge on any atom is -0.493 e. The molecule has 1 heterocycles. The van der Waals surface area contributed by atoms with Crippen LogP contribution in [0.4, 0.5) is 5.69 Å². The summed E-state index contributed by atoms with van der Waals surface area (Å²) in [5, 5.41) is 16.4. The molecule has 0 saturated heterocycles. The van der Waals surface area contributed by atoms with Gasteiger partial charge in [-0.1, -0.05) is 12.1 Å². The number of rotatable bonds is 12. The molecule has 35 heavy (non-hydrogen) atoms. The fraction of sp³-hybridized carbons (Fsp3) is 0.360. The Morgan fingerprint density at radius 3 is 2.51 bits per heavy atom. The molecule has 0 fully saturated rings. The molecule has 0 bridgehead atoms. The van der Waals surface area contributed by atoms with Crippen LogP contribution in [0, 0.1) is 10.1 Å². The zero-order valence-electron chi connectivity index (χ0n) is 20.1. The van der Waals surface area contributed by atoms with Crippen molar-refractivity contribution in [3.05, 3.63) is 74.2 Å². The van der Waals surface area contributed by atoms with Crippen LogP contribution in [0.15, 0.2) is 47.3 Å². The molecule has 3 rings (SSSR count). The number of nitrogens with zero attached hydrogens (tertiary/aromatic N) is 2. The normalized spacial score (nSPS) is 11.7. The molecule has 186 valence electrons. The van der Waals surface area contributed by atoms with Crippen molar-refractivity contribution in [1.82, 2.24) is 10.3 Å². The summed E-state index contributed by atoms with van der Waals surface area (Å²) in [6.07, 6.45) is 1.51. The number of hydrogen-bond acceptors (Lipinski definition) is 8. The number of hydrogen-bond donors (Lipinski definition) is 1. The molecular weight excluding hydrogens is 470 g/mol. The smallest absolute Gasteiger partial charge is 0.286 e. The van der Waals surface area contributed by atoms with Gasteiger partial charge in [-0.25, -0.2) is 4.98 Å². The number of carbonyl (C=O) groups is 1. The summed E-state index contributed by atoms with van der Waals surface area (Å²) in [6, 6.07) is 10.2. The molecule has 0 spiro atoms. The van der Waals surface area contributed by atoms with Gasteiger partial charge in [0.15, 0.2) is 11.5 Å². The van der Waals surface area contributed by atoms with Gasteiger partial charge in [0.1, 0.15) is 17.9 Å². The lowest BCUT2D eigenvalue weighted by Gasteiger charge is -2.16. The van der Waals surface area contributed by atoms with Crippen molar-refractivity contribution < 1.29 is 23.9 Å². The van der Waals surface area contributed by atoms with Crippen LogP contribution in [0.2, 0.25) is 0 Å². The molecular formula is C25H29N3O6S. The Balaban J connectivity index is 1.66. The van der Waals surface area contributed by atoms with Crippen molar-refractivity contribution in [3.63, 3.8) is 0 Å². The Bertz CT molecular complexity index is 1130. The second-order valence-electron chi connectivity index (χ2n) is 8.27. The second kappa shape index (κ2) is 12.2. The quantitative estimate of drug-likeness (QED) is 0.270. The number of aryl methyl sites for hydroxylation is 1. The third-order valence-corrected chi connectivity index (χ3v) is 5.76. The maximum atomic E-state index is 12.9. The number of nitro groups is 1. The van der Waals surface area contributed by atoms with E-state index in [0.717, 1.165) is 17.7 Å². The van der Waals surface area contributed by atoms with Gasteiger partial charge >= 0.3 is 0 Å². The Morgan fingerprint density at radius 1 is 1.17 bits per heavy atom. The zero-order chi connectivity index (χ0) is 25.4. The summed E-state index contributed by atoms with van der Waals surface area (Å²) in [4.78, 5) is 28.2. The number of amides is 1. The van der Waals surface area contributed by atoms with Crippen molar-refractivity contribution in [2.24, 2.45) is 0 Å². The molecule has 0 aliphatic rings. The van der Waals surface area contributed by atoms with Gasteiger partial charge in [-0.2, -0.15) is 0 Å². The number of nitrogens with one attached hydrogen (secondary N) is 1. The molecule has 0 radical (unpaired) electrons. The van der Waals surface area contributed by atoms with Crippen molar-refractivity contribution in [2.75, 3.05) is 7.11 Å². The second-order valence-corrected chi connectivity index (χ2v) is 8.99. The van der Waals surface area contributed by atoms with Crippen LogP contribution in [0.3, 0.4) is 0 Å². The van der Waals surface area contributed by atoms with E-state index in [1.165, 1.54) is 30.6 Å². The third-order valence-electron chi connectivity index (χ3n) is 5.12. The molecule has 1 aromatic heterocycles. The summed E-state index contributed by atoms with van der Waals surface area (Å²) in [5.74, 6) is 0.661. The lowest BCUT2D eigenvalue weighted by atomic mass is 10.1. The van der Waals surface area contributed by atoms with E-state index in [0.29, 0.717) is 12.1 Å². The average Bonchev–Trinajstić information content (AvgIpc) is 3.35. The van der Waals surface area contributed by atoms with Crippen molar-refractivity contribution in [3.8, 4) is 17.2 Å². The van der Waals surface area contributed by atoms with Crippen LogP contribution in [0.5, 0.6) is 17.2 Å².